The Kier molecular flexibility index (Phi) is 3.39. The molecular weight excluding hydrogens is 188 g/mol. The monoisotopic (exact) mass is 200 g/mol. The molecule has 1 aromatic rings. The lowest BCUT2D eigenvalue weighted by Crippen LogP contribution is -2.21. The number of nitrogens with zero attached hydrogens (tertiary/aromatic N) is 1. The number of esters is 1. The fourth-order valence-corrected chi connectivity index (χ4v) is 1.90. The van der Waals surface area contributed by atoms with Gasteiger partial charge in [0.1, 0.15) is 5.92 Å². The minimum atomic E-state index is -0.365. The van der Waals surface area contributed by atoms with Crippen molar-refractivity contribution >= 4 is 17.3 Å². The Bertz CT molecular complexity index is 298. The highest BCUT2D eigenvalue weighted by molar-refractivity contribution is 7.11. The van der Waals surface area contributed by atoms with Crippen molar-refractivity contribution in [1.29, 1.82) is 0 Å². The molecule has 0 aliphatic rings. The normalized spacial score (nSPS) is 12.5. The highest BCUT2D eigenvalue weighted by atomic mass is 32.1. The Balaban J connectivity index is 2.84. The number of thiazole rings is 1. The van der Waals surface area contributed by atoms with Crippen molar-refractivity contribution in [2.45, 2.75) is 12.8 Å². The van der Waals surface area contributed by atoms with E-state index in [-0.39, 0.29) is 18.4 Å². The zero-order valence-corrected chi connectivity index (χ0v) is 8.43. The van der Waals surface area contributed by atoms with Gasteiger partial charge < -0.3 is 10.5 Å². The molecule has 1 heterocycles. The predicted octanol–water partition coefficient (Wildman–Crippen LogP) is 0.667. The summed E-state index contributed by atoms with van der Waals surface area (Å²) >= 11 is 1.47. The van der Waals surface area contributed by atoms with Crippen molar-refractivity contribution in [3.63, 3.8) is 0 Å². The minimum Gasteiger partial charge on any atom is -0.468 e. The van der Waals surface area contributed by atoms with E-state index in [1.807, 2.05) is 6.92 Å². The summed E-state index contributed by atoms with van der Waals surface area (Å²) in [5, 5.41) is 0.928. The van der Waals surface area contributed by atoms with Gasteiger partial charge in [-0.3, -0.25) is 4.79 Å². The number of hydrogen-bond donors (Lipinski definition) is 1. The molecule has 0 aliphatic heterocycles. The van der Waals surface area contributed by atoms with E-state index in [4.69, 9.17) is 5.73 Å². The van der Waals surface area contributed by atoms with Crippen molar-refractivity contribution in [3.05, 3.63) is 16.1 Å². The SMILES string of the molecule is COC(=O)C(CN)c1cnc(C)s1. The first-order valence-electron chi connectivity index (χ1n) is 3.89. The number of carbonyl (C=O) groups is 1. The summed E-state index contributed by atoms with van der Waals surface area (Å²) in [4.78, 5) is 16.2. The first-order chi connectivity index (χ1) is 6.19. The Morgan fingerprint density at radius 2 is 2.54 bits per heavy atom. The van der Waals surface area contributed by atoms with Crippen LogP contribution < -0.4 is 5.73 Å². The summed E-state index contributed by atoms with van der Waals surface area (Å²) in [5.41, 5.74) is 5.47. The molecule has 0 amide bonds. The van der Waals surface area contributed by atoms with Crippen molar-refractivity contribution < 1.29 is 9.53 Å². The van der Waals surface area contributed by atoms with Gasteiger partial charge in [-0.15, -0.1) is 11.3 Å². The average Bonchev–Trinajstić information content (AvgIpc) is 2.53. The third kappa shape index (κ3) is 2.26. The molecular formula is C8H12N2O2S. The molecule has 0 fully saturated rings. The maximum atomic E-state index is 11.2. The lowest BCUT2D eigenvalue weighted by molar-refractivity contribution is -0.142. The van der Waals surface area contributed by atoms with Crippen LogP contribution >= 0.6 is 11.3 Å². The highest BCUT2D eigenvalue weighted by Crippen LogP contribution is 2.22. The third-order valence-electron chi connectivity index (χ3n) is 1.70. The van der Waals surface area contributed by atoms with Crippen LogP contribution in [0.3, 0.4) is 0 Å². The van der Waals surface area contributed by atoms with Crippen molar-refractivity contribution in [3.8, 4) is 0 Å². The first-order valence-corrected chi connectivity index (χ1v) is 4.71. The van der Waals surface area contributed by atoms with E-state index >= 15 is 0 Å². The molecule has 1 atom stereocenters. The molecule has 0 saturated heterocycles. The van der Waals surface area contributed by atoms with E-state index in [9.17, 15) is 4.79 Å². The van der Waals surface area contributed by atoms with Crippen LogP contribution in [0.5, 0.6) is 0 Å². The number of rotatable bonds is 3. The fraction of sp³-hybridized carbons (Fsp3) is 0.500. The minimum absolute atomic E-state index is 0.258. The molecule has 72 valence electrons. The standard InChI is InChI=1S/C8H12N2O2S/c1-5-10-4-7(13-5)6(3-9)8(11)12-2/h4,6H,3,9H2,1-2H3. The second-order valence-corrected chi connectivity index (χ2v) is 3.86. The van der Waals surface area contributed by atoms with Gasteiger partial charge in [0, 0.05) is 17.6 Å². The van der Waals surface area contributed by atoms with E-state index in [1.165, 1.54) is 18.4 Å². The maximum absolute atomic E-state index is 11.2. The van der Waals surface area contributed by atoms with E-state index in [1.54, 1.807) is 6.20 Å². The van der Waals surface area contributed by atoms with Gasteiger partial charge in [-0.1, -0.05) is 0 Å². The van der Waals surface area contributed by atoms with Gasteiger partial charge in [0.15, 0.2) is 0 Å². The van der Waals surface area contributed by atoms with Gasteiger partial charge in [-0.25, -0.2) is 4.98 Å². The zero-order chi connectivity index (χ0) is 9.84. The molecule has 5 heteroatoms. The lowest BCUT2D eigenvalue weighted by atomic mass is 10.1. The number of aromatic nitrogens is 1. The van der Waals surface area contributed by atoms with E-state index in [2.05, 4.69) is 9.72 Å². The smallest absolute Gasteiger partial charge is 0.315 e. The highest BCUT2D eigenvalue weighted by Gasteiger charge is 2.21. The van der Waals surface area contributed by atoms with Crippen molar-refractivity contribution in [1.82, 2.24) is 4.98 Å². The maximum Gasteiger partial charge on any atom is 0.315 e. The van der Waals surface area contributed by atoms with Gasteiger partial charge in [0.25, 0.3) is 0 Å². The van der Waals surface area contributed by atoms with Crippen LogP contribution in [-0.2, 0) is 9.53 Å². The zero-order valence-electron chi connectivity index (χ0n) is 7.61. The molecule has 13 heavy (non-hydrogen) atoms. The van der Waals surface area contributed by atoms with Crippen molar-refractivity contribution in [2.75, 3.05) is 13.7 Å². The summed E-state index contributed by atoms with van der Waals surface area (Å²) in [6, 6.07) is 0. The Hall–Kier alpha value is -0.940. The van der Waals surface area contributed by atoms with Crippen LogP contribution in [0.25, 0.3) is 0 Å². The predicted molar refractivity (Wildman–Crippen MR) is 50.7 cm³/mol. The number of ether oxygens (including phenoxy) is 1. The second-order valence-electron chi connectivity index (χ2n) is 2.59. The van der Waals surface area contributed by atoms with Crippen LogP contribution in [0.15, 0.2) is 6.20 Å². The Morgan fingerprint density at radius 1 is 1.85 bits per heavy atom. The molecule has 0 aromatic carbocycles. The number of nitrogens with two attached hydrogens (primary N) is 1. The molecule has 0 bridgehead atoms. The summed E-state index contributed by atoms with van der Waals surface area (Å²) in [5.74, 6) is -0.664. The molecule has 1 aromatic heterocycles. The van der Waals surface area contributed by atoms with Crippen LogP contribution in [0.2, 0.25) is 0 Å². The quantitative estimate of drug-likeness (QED) is 0.728. The molecule has 4 nitrogen and oxygen atoms in total. The number of hydrogen-bond acceptors (Lipinski definition) is 5. The van der Waals surface area contributed by atoms with Crippen LogP contribution in [0.1, 0.15) is 15.8 Å². The van der Waals surface area contributed by atoms with Crippen LogP contribution in [-0.4, -0.2) is 24.6 Å². The second kappa shape index (κ2) is 4.34. The summed E-state index contributed by atoms with van der Waals surface area (Å²) in [6.07, 6.45) is 1.68. The number of methoxy groups -OCH3 is 1. The lowest BCUT2D eigenvalue weighted by Gasteiger charge is -2.08. The first kappa shape index (κ1) is 10.1. The Morgan fingerprint density at radius 3 is 2.92 bits per heavy atom. The molecule has 1 unspecified atom stereocenters. The van der Waals surface area contributed by atoms with E-state index in [0.29, 0.717) is 0 Å². The van der Waals surface area contributed by atoms with Gasteiger partial charge >= 0.3 is 5.97 Å². The van der Waals surface area contributed by atoms with E-state index < -0.39 is 0 Å². The van der Waals surface area contributed by atoms with Gasteiger partial charge in [0.2, 0.25) is 0 Å². The molecule has 0 spiro atoms. The van der Waals surface area contributed by atoms with Crippen molar-refractivity contribution in [2.24, 2.45) is 5.73 Å². The summed E-state index contributed by atoms with van der Waals surface area (Å²) in [7, 11) is 1.36. The van der Waals surface area contributed by atoms with Gasteiger partial charge in [-0.05, 0) is 6.92 Å². The summed E-state index contributed by atoms with van der Waals surface area (Å²) in [6.45, 7) is 2.15. The molecule has 0 radical (unpaired) electrons. The topological polar surface area (TPSA) is 65.2 Å². The van der Waals surface area contributed by atoms with Crippen LogP contribution in [0.4, 0.5) is 0 Å². The third-order valence-corrected chi connectivity index (χ3v) is 2.73. The largest absolute Gasteiger partial charge is 0.468 e. The number of carbonyl (C=O) groups excluding carboxylic acids is 1. The average molecular weight is 200 g/mol. The molecule has 2 N–H and O–H groups in total. The number of aryl methyl sites for hydroxylation is 1. The fourth-order valence-electron chi connectivity index (χ4n) is 1.01. The Labute approximate surface area is 80.7 Å². The molecule has 1 rings (SSSR count). The van der Waals surface area contributed by atoms with E-state index in [0.717, 1.165) is 9.88 Å². The van der Waals surface area contributed by atoms with Gasteiger partial charge in [0.05, 0.1) is 12.1 Å². The van der Waals surface area contributed by atoms with Crippen LogP contribution in [0, 0.1) is 6.92 Å². The molecule has 0 saturated carbocycles. The van der Waals surface area contributed by atoms with Gasteiger partial charge in [-0.2, -0.15) is 0 Å². The molecule has 0 aliphatic carbocycles. The summed E-state index contributed by atoms with van der Waals surface area (Å²) < 4.78 is 4.63.